The lowest BCUT2D eigenvalue weighted by molar-refractivity contribution is 0.139. The second-order valence-electron chi connectivity index (χ2n) is 7.70. The van der Waals surface area contributed by atoms with Gasteiger partial charge in [-0.25, -0.2) is 4.21 Å². The van der Waals surface area contributed by atoms with Crippen LogP contribution in [0, 0.1) is 0 Å². The third-order valence-electron chi connectivity index (χ3n) is 4.63. The van der Waals surface area contributed by atoms with Crippen molar-refractivity contribution in [2.75, 3.05) is 6.54 Å². The van der Waals surface area contributed by atoms with E-state index < -0.39 is 11.0 Å². The first kappa shape index (κ1) is 18.3. The Morgan fingerprint density at radius 2 is 2.00 bits per heavy atom. The molecule has 2 rings (SSSR count). The van der Waals surface area contributed by atoms with Crippen LogP contribution in [0.3, 0.4) is 0 Å². The van der Waals surface area contributed by atoms with Crippen LogP contribution < -0.4 is 0 Å². The third kappa shape index (κ3) is 5.25. The molecule has 0 spiro atoms. The SMILES string of the molecule is CC(C)(C)[S@](=O)N=CCC[C@@]1(C)CCCN1Cc1ccccc1. The first-order chi connectivity index (χ1) is 10.8. The molecule has 1 aromatic rings. The Bertz CT molecular complexity index is 550. The van der Waals surface area contributed by atoms with E-state index >= 15 is 0 Å². The van der Waals surface area contributed by atoms with Gasteiger partial charge >= 0.3 is 0 Å². The molecule has 4 heteroatoms. The van der Waals surface area contributed by atoms with Crippen molar-refractivity contribution in [2.45, 2.75) is 70.2 Å². The highest BCUT2D eigenvalue weighted by molar-refractivity contribution is 7.85. The quantitative estimate of drug-likeness (QED) is 0.724. The lowest BCUT2D eigenvalue weighted by atomic mass is 9.92. The zero-order valence-corrected chi connectivity index (χ0v) is 15.7. The summed E-state index contributed by atoms with van der Waals surface area (Å²) in [6.07, 6.45) is 6.32. The molecule has 23 heavy (non-hydrogen) atoms. The summed E-state index contributed by atoms with van der Waals surface area (Å²) in [7, 11) is -1.14. The van der Waals surface area contributed by atoms with Crippen LogP contribution >= 0.6 is 0 Å². The Morgan fingerprint density at radius 1 is 1.30 bits per heavy atom. The van der Waals surface area contributed by atoms with Crippen LogP contribution in [0.1, 0.15) is 58.9 Å². The summed E-state index contributed by atoms with van der Waals surface area (Å²) < 4.78 is 15.9. The van der Waals surface area contributed by atoms with Crippen molar-refractivity contribution in [2.24, 2.45) is 4.40 Å². The van der Waals surface area contributed by atoms with Gasteiger partial charge in [0.15, 0.2) is 0 Å². The molecule has 0 aromatic heterocycles. The fourth-order valence-electron chi connectivity index (χ4n) is 3.09. The Kier molecular flexibility index (Phi) is 6.15. The average molecular weight is 335 g/mol. The van der Waals surface area contributed by atoms with Gasteiger partial charge in [0.25, 0.3) is 0 Å². The monoisotopic (exact) mass is 334 g/mol. The zero-order valence-electron chi connectivity index (χ0n) is 14.9. The lowest BCUT2D eigenvalue weighted by Crippen LogP contribution is -2.40. The van der Waals surface area contributed by atoms with Crippen LogP contribution in [0.15, 0.2) is 34.7 Å². The zero-order chi connectivity index (χ0) is 16.9. The van der Waals surface area contributed by atoms with Gasteiger partial charge in [0, 0.05) is 18.3 Å². The molecule has 0 amide bonds. The fraction of sp³-hybridized carbons (Fsp3) is 0.632. The predicted molar refractivity (Wildman–Crippen MR) is 100 cm³/mol. The summed E-state index contributed by atoms with van der Waals surface area (Å²) in [6, 6.07) is 10.7. The van der Waals surface area contributed by atoms with Gasteiger partial charge in [0.2, 0.25) is 0 Å². The lowest BCUT2D eigenvalue weighted by Gasteiger charge is -2.35. The van der Waals surface area contributed by atoms with E-state index in [0.29, 0.717) is 0 Å². The van der Waals surface area contributed by atoms with Gasteiger partial charge in [-0.05, 0) is 65.5 Å². The van der Waals surface area contributed by atoms with Gasteiger partial charge in [0.05, 0.1) is 4.75 Å². The van der Waals surface area contributed by atoms with E-state index in [1.54, 1.807) is 0 Å². The Labute approximate surface area is 143 Å². The number of rotatable bonds is 6. The van der Waals surface area contributed by atoms with Crippen LogP contribution in [0.5, 0.6) is 0 Å². The third-order valence-corrected chi connectivity index (χ3v) is 6.02. The predicted octanol–water partition coefficient (Wildman–Crippen LogP) is 4.35. The molecule has 1 aromatic carbocycles. The maximum atomic E-state index is 11.9. The molecule has 0 N–H and O–H groups in total. The van der Waals surface area contributed by atoms with E-state index in [1.165, 1.54) is 18.4 Å². The second kappa shape index (κ2) is 7.71. The summed E-state index contributed by atoms with van der Waals surface area (Å²) in [5.41, 5.74) is 1.61. The number of nitrogens with zero attached hydrogens (tertiary/aromatic N) is 2. The molecular formula is C19H30N2OS. The first-order valence-corrected chi connectivity index (χ1v) is 9.65. The van der Waals surface area contributed by atoms with Crippen LogP contribution in [-0.4, -0.2) is 32.2 Å². The minimum absolute atomic E-state index is 0.227. The summed E-state index contributed by atoms with van der Waals surface area (Å²) in [5.74, 6) is 0. The standard InChI is InChI=1S/C19H30N2OS/c1-18(2,3)23(22)20-14-8-12-19(4)13-9-15-21(19)16-17-10-6-5-7-11-17/h5-7,10-11,14H,8-9,12-13,15-16H2,1-4H3/t19-,23-/m0/s1. The van der Waals surface area contributed by atoms with Crippen LogP contribution in [-0.2, 0) is 17.5 Å². The maximum Gasteiger partial charge on any atom is 0.144 e. The largest absolute Gasteiger partial charge is 0.294 e. The van der Waals surface area contributed by atoms with Gasteiger partial charge < -0.3 is 0 Å². The highest BCUT2D eigenvalue weighted by Crippen LogP contribution is 2.34. The maximum absolute atomic E-state index is 11.9. The van der Waals surface area contributed by atoms with Gasteiger partial charge in [-0.15, -0.1) is 0 Å². The normalized spacial score (nSPS) is 24.3. The van der Waals surface area contributed by atoms with Crippen molar-refractivity contribution < 1.29 is 4.21 Å². The Hall–Kier alpha value is -1.00. The number of benzene rings is 1. The molecule has 2 atom stereocenters. The minimum Gasteiger partial charge on any atom is -0.294 e. The molecule has 1 aliphatic rings. The number of likely N-dealkylation sites (tertiary alicyclic amines) is 1. The number of hydrogen-bond donors (Lipinski definition) is 0. The van der Waals surface area contributed by atoms with E-state index in [9.17, 15) is 4.21 Å². The van der Waals surface area contributed by atoms with Crippen molar-refractivity contribution >= 4 is 17.2 Å². The summed E-state index contributed by atoms with van der Waals surface area (Å²) in [5, 5.41) is 0. The van der Waals surface area contributed by atoms with Crippen LogP contribution in [0.4, 0.5) is 0 Å². The molecule has 3 nitrogen and oxygen atoms in total. The summed E-state index contributed by atoms with van der Waals surface area (Å²) in [4.78, 5) is 2.59. The fourth-order valence-corrected chi connectivity index (χ4v) is 3.65. The summed E-state index contributed by atoms with van der Waals surface area (Å²) in [6.45, 7) is 10.4. The van der Waals surface area contributed by atoms with Crippen LogP contribution in [0.25, 0.3) is 0 Å². The van der Waals surface area contributed by atoms with Crippen LogP contribution in [0.2, 0.25) is 0 Å². The number of hydrogen-bond acceptors (Lipinski definition) is 2. The minimum atomic E-state index is -1.14. The smallest absolute Gasteiger partial charge is 0.144 e. The van der Waals surface area contributed by atoms with Crippen molar-refractivity contribution in [1.29, 1.82) is 0 Å². The average Bonchev–Trinajstić information content (AvgIpc) is 2.85. The molecule has 0 radical (unpaired) electrons. The molecule has 1 aliphatic heterocycles. The van der Waals surface area contributed by atoms with E-state index in [4.69, 9.17) is 0 Å². The Balaban J connectivity index is 1.90. The molecule has 1 saturated heterocycles. The van der Waals surface area contributed by atoms with Crippen molar-refractivity contribution in [3.8, 4) is 0 Å². The summed E-state index contributed by atoms with van der Waals surface area (Å²) >= 11 is 0. The Morgan fingerprint density at radius 3 is 2.65 bits per heavy atom. The molecule has 128 valence electrons. The van der Waals surface area contributed by atoms with Gasteiger partial charge in [-0.2, -0.15) is 4.40 Å². The highest BCUT2D eigenvalue weighted by Gasteiger charge is 2.35. The first-order valence-electron chi connectivity index (χ1n) is 8.55. The van der Waals surface area contributed by atoms with Crippen molar-refractivity contribution in [3.63, 3.8) is 0 Å². The van der Waals surface area contributed by atoms with Gasteiger partial charge in [-0.1, -0.05) is 30.3 Å². The van der Waals surface area contributed by atoms with Gasteiger partial charge in [0.1, 0.15) is 11.0 Å². The van der Waals surface area contributed by atoms with E-state index in [2.05, 4.69) is 46.6 Å². The van der Waals surface area contributed by atoms with Crippen molar-refractivity contribution in [3.05, 3.63) is 35.9 Å². The molecule has 1 heterocycles. The molecule has 0 unspecified atom stereocenters. The second-order valence-corrected chi connectivity index (χ2v) is 9.63. The van der Waals surface area contributed by atoms with E-state index in [0.717, 1.165) is 25.9 Å². The van der Waals surface area contributed by atoms with E-state index in [-0.39, 0.29) is 10.3 Å². The van der Waals surface area contributed by atoms with E-state index in [1.807, 2.05) is 27.0 Å². The topological polar surface area (TPSA) is 32.7 Å². The molecule has 0 aliphatic carbocycles. The molecular weight excluding hydrogens is 304 g/mol. The highest BCUT2D eigenvalue weighted by atomic mass is 32.2. The molecule has 0 bridgehead atoms. The molecule has 0 saturated carbocycles. The molecule has 1 fully saturated rings. The van der Waals surface area contributed by atoms with Crippen molar-refractivity contribution in [1.82, 2.24) is 4.90 Å². The van der Waals surface area contributed by atoms with Gasteiger partial charge in [-0.3, -0.25) is 4.90 Å².